The van der Waals surface area contributed by atoms with E-state index in [1.165, 1.54) is 27.1 Å². The van der Waals surface area contributed by atoms with Gasteiger partial charge in [0.1, 0.15) is 11.4 Å². The van der Waals surface area contributed by atoms with Crippen LogP contribution in [0.15, 0.2) is 36.7 Å². The average Bonchev–Trinajstić information content (AvgIpc) is 3.13. The summed E-state index contributed by atoms with van der Waals surface area (Å²) in [6, 6.07) is 7.44. The number of carbonyl (C=O) groups is 2. The van der Waals surface area contributed by atoms with Gasteiger partial charge in [-0.2, -0.15) is 5.10 Å². The maximum Gasteiger partial charge on any atom is 0.256 e. The van der Waals surface area contributed by atoms with Gasteiger partial charge in [0.2, 0.25) is 0 Å². The van der Waals surface area contributed by atoms with Crippen LogP contribution >= 0.6 is 0 Å². The van der Waals surface area contributed by atoms with Crippen LogP contribution in [0, 0.1) is 0 Å². The van der Waals surface area contributed by atoms with Crippen LogP contribution in [0.3, 0.4) is 0 Å². The number of anilines is 4. The lowest BCUT2D eigenvalue weighted by atomic mass is 9.99. The second-order valence-corrected chi connectivity index (χ2v) is 8.57. The molecule has 3 heterocycles. The van der Waals surface area contributed by atoms with Crippen molar-refractivity contribution in [1.82, 2.24) is 20.1 Å². The zero-order valence-electron chi connectivity index (χ0n) is 19.2. The number of nitrogens with one attached hydrogen (secondary N) is 3. The summed E-state index contributed by atoms with van der Waals surface area (Å²) in [6.07, 6.45) is 3.40. The average molecular weight is 450 g/mol. The van der Waals surface area contributed by atoms with Gasteiger partial charge in [-0.1, -0.05) is 12.1 Å². The highest BCUT2D eigenvalue weighted by atomic mass is 16.3. The number of hydrogen-bond acceptors (Lipinski definition) is 7. The van der Waals surface area contributed by atoms with Crippen molar-refractivity contribution in [3.63, 3.8) is 0 Å². The molecule has 0 atom stereocenters. The van der Waals surface area contributed by atoms with Crippen molar-refractivity contribution in [2.45, 2.75) is 26.0 Å². The lowest BCUT2D eigenvalue weighted by Gasteiger charge is -2.29. The van der Waals surface area contributed by atoms with Crippen LogP contribution < -0.4 is 20.9 Å². The van der Waals surface area contributed by atoms with E-state index in [4.69, 9.17) is 0 Å². The minimum absolute atomic E-state index is 0.211. The van der Waals surface area contributed by atoms with Gasteiger partial charge in [0.15, 0.2) is 0 Å². The molecule has 0 unspecified atom stereocenters. The van der Waals surface area contributed by atoms with E-state index in [1.54, 1.807) is 10.7 Å². The molecule has 2 aromatic heterocycles. The van der Waals surface area contributed by atoms with E-state index >= 15 is 0 Å². The maximum atomic E-state index is 12.5. The van der Waals surface area contributed by atoms with Crippen LogP contribution in [0.25, 0.3) is 11.3 Å². The predicted octanol–water partition coefficient (Wildman–Crippen LogP) is 2.24. The minimum Gasteiger partial charge on any atom is -0.381 e. The number of fused-ring (bicyclic) bond motifs is 3. The number of benzene rings is 1. The maximum absolute atomic E-state index is 12.5. The quantitative estimate of drug-likeness (QED) is 0.471. The van der Waals surface area contributed by atoms with Crippen LogP contribution in [0.5, 0.6) is 0 Å². The predicted molar refractivity (Wildman–Crippen MR) is 127 cm³/mol. The number of rotatable bonds is 5. The molecule has 0 bridgehead atoms. The fraction of sp³-hybridized carbons (Fsp3) is 0.304. The summed E-state index contributed by atoms with van der Waals surface area (Å²) in [5.74, 6) is -0.717. The van der Waals surface area contributed by atoms with Crippen molar-refractivity contribution < 1.29 is 14.7 Å². The molecule has 33 heavy (non-hydrogen) atoms. The normalized spacial score (nSPS) is 12.6. The second kappa shape index (κ2) is 8.21. The Morgan fingerprint density at radius 2 is 1.94 bits per heavy atom. The monoisotopic (exact) mass is 449 g/mol. The molecule has 0 spiro atoms. The van der Waals surface area contributed by atoms with Gasteiger partial charge in [0, 0.05) is 57.3 Å². The van der Waals surface area contributed by atoms with E-state index in [0.717, 1.165) is 28.2 Å². The Morgan fingerprint density at radius 3 is 2.64 bits per heavy atom. The first kappa shape index (κ1) is 22.3. The van der Waals surface area contributed by atoms with Crippen LogP contribution in [0.4, 0.5) is 22.9 Å². The Morgan fingerprint density at radius 1 is 1.18 bits per heavy atom. The fourth-order valence-corrected chi connectivity index (χ4v) is 3.82. The minimum atomic E-state index is -1.57. The summed E-state index contributed by atoms with van der Waals surface area (Å²) in [7, 11) is 5.44. The molecule has 1 aliphatic heterocycles. The van der Waals surface area contributed by atoms with E-state index in [2.05, 4.69) is 30.9 Å². The van der Waals surface area contributed by atoms with E-state index in [-0.39, 0.29) is 11.7 Å². The number of carbonyl (C=O) groups excluding carboxylic acids is 2. The van der Waals surface area contributed by atoms with E-state index < -0.39 is 11.5 Å². The van der Waals surface area contributed by atoms with Crippen molar-refractivity contribution >= 4 is 34.7 Å². The summed E-state index contributed by atoms with van der Waals surface area (Å²) >= 11 is 0. The molecule has 1 aromatic carbocycles. The zero-order chi connectivity index (χ0) is 23.9. The summed E-state index contributed by atoms with van der Waals surface area (Å²) in [4.78, 5) is 31.0. The van der Waals surface area contributed by atoms with Gasteiger partial charge in [-0.05, 0) is 19.9 Å². The third-order valence-electron chi connectivity index (χ3n) is 5.43. The van der Waals surface area contributed by atoms with Crippen molar-refractivity contribution in [2.24, 2.45) is 7.05 Å². The molecule has 0 aliphatic carbocycles. The Bertz CT molecular complexity index is 1240. The number of aliphatic hydroxyl groups is 1. The van der Waals surface area contributed by atoms with Gasteiger partial charge in [-0.15, -0.1) is 0 Å². The second-order valence-electron chi connectivity index (χ2n) is 8.57. The van der Waals surface area contributed by atoms with Crippen LogP contribution in [0.2, 0.25) is 0 Å². The molecule has 0 saturated carbocycles. The SMILES string of the molecule is CNC(=O)c1cnc(NC(=O)C(C)(C)O)cc1Nc1cccc2c1N(C)Cc1cn(C)nc1-2. The summed E-state index contributed by atoms with van der Waals surface area (Å²) in [5, 5.41) is 23.1. The molecule has 3 aromatic rings. The smallest absolute Gasteiger partial charge is 0.256 e. The zero-order valence-corrected chi connectivity index (χ0v) is 19.2. The largest absolute Gasteiger partial charge is 0.381 e. The first-order valence-corrected chi connectivity index (χ1v) is 10.5. The number of aryl methyl sites for hydroxylation is 1. The molecule has 10 nitrogen and oxygen atoms in total. The topological polar surface area (TPSA) is 124 Å². The van der Waals surface area contributed by atoms with Crippen molar-refractivity contribution in [3.8, 4) is 11.3 Å². The molecule has 0 saturated heterocycles. The van der Waals surface area contributed by atoms with Gasteiger partial charge < -0.3 is 26.0 Å². The van der Waals surface area contributed by atoms with Crippen LogP contribution in [0.1, 0.15) is 29.8 Å². The Hall–Kier alpha value is -3.92. The molecular weight excluding hydrogens is 422 g/mol. The highest BCUT2D eigenvalue weighted by molar-refractivity contribution is 6.02. The van der Waals surface area contributed by atoms with Crippen LogP contribution in [-0.4, -0.2) is 51.4 Å². The van der Waals surface area contributed by atoms with E-state index in [1.807, 2.05) is 38.5 Å². The van der Waals surface area contributed by atoms with E-state index in [0.29, 0.717) is 17.8 Å². The van der Waals surface area contributed by atoms with E-state index in [9.17, 15) is 14.7 Å². The summed E-state index contributed by atoms with van der Waals surface area (Å²) in [6.45, 7) is 3.47. The third kappa shape index (κ3) is 4.24. The first-order chi connectivity index (χ1) is 15.6. The van der Waals surface area contributed by atoms with Crippen molar-refractivity contribution in [2.75, 3.05) is 29.6 Å². The fourth-order valence-electron chi connectivity index (χ4n) is 3.82. The van der Waals surface area contributed by atoms with Crippen molar-refractivity contribution in [3.05, 3.63) is 47.8 Å². The third-order valence-corrected chi connectivity index (χ3v) is 5.43. The molecule has 4 N–H and O–H groups in total. The Labute approximate surface area is 191 Å². The number of hydrogen-bond donors (Lipinski definition) is 4. The van der Waals surface area contributed by atoms with Gasteiger partial charge >= 0.3 is 0 Å². The Balaban J connectivity index is 1.77. The summed E-state index contributed by atoms with van der Waals surface area (Å²) in [5.41, 5.74) is 3.97. The molecule has 1 aliphatic rings. The van der Waals surface area contributed by atoms with Gasteiger partial charge in [-0.25, -0.2) is 4.98 Å². The number of aromatic nitrogens is 3. The molecule has 172 valence electrons. The number of nitrogens with zero attached hydrogens (tertiary/aromatic N) is 4. The lowest BCUT2D eigenvalue weighted by molar-refractivity contribution is -0.130. The number of amides is 2. The lowest BCUT2D eigenvalue weighted by Crippen LogP contribution is -2.37. The first-order valence-electron chi connectivity index (χ1n) is 10.5. The van der Waals surface area contributed by atoms with Gasteiger partial charge in [0.25, 0.3) is 11.8 Å². The number of para-hydroxylation sites is 1. The highest BCUT2D eigenvalue weighted by Crippen LogP contribution is 2.43. The molecule has 10 heteroatoms. The van der Waals surface area contributed by atoms with Crippen LogP contribution in [-0.2, 0) is 18.4 Å². The highest BCUT2D eigenvalue weighted by Gasteiger charge is 2.27. The van der Waals surface area contributed by atoms with Gasteiger partial charge in [-0.3, -0.25) is 14.3 Å². The standard InChI is InChI=1S/C23H27N7O3/c1-23(2,33)22(32)27-18-9-17(15(10-25-18)21(31)24-3)26-16-8-6-7-14-19-13(12-30(5)28-19)11-29(4)20(14)16/h6-10,12,33H,11H2,1-5H3,(H,24,31)(H2,25,26,27,32). The molecule has 0 fully saturated rings. The molecule has 0 radical (unpaired) electrons. The Kier molecular flexibility index (Phi) is 5.54. The molecule has 4 rings (SSSR count). The number of pyridine rings is 1. The summed E-state index contributed by atoms with van der Waals surface area (Å²) < 4.78 is 1.80. The van der Waals surface area contributed by atoms with Gasteiger partial charge in [0.05, 0.1) is 28.3 Å². The molecule has 2 amide bonds. The van der Waals surface area contributed by atoms with Crippen molar-refractivity contribution in [1.29, 1.82) is 0 Å². The molecular formula is C23H27N7O3.